The molecule has 1 heterocycles. The number of para-hydroxylation sites is 1. The fourth-order valence-corrected chi connectivity index (χ4v) is 1.72. The first-order valence-corrected chi connectivity index (χ1v) is 6.70. The van der Waals surface area contributed by atoms with Gasteiger partial charge >= 0.3 is 6.01 Å². The Morgan fingerprint density at radius 2 is 1.95 bits per heavy atom. The van der Waals surface area contributed by atoms with E-state index in [2.05, 4.69) is 25.6 Å². The smallest absolute Gasteiger partial charge is 0.322 e. The summed E-state index contributed by atoms with van der Waals surface area (Å²) in [6, 6.07) is 5.00. The molecule has 6 nitrogen and oxygen atoms in total. The Hall–Kier alpha value is -2.44. The fourth-order valence-electron chi connectivity index (χ4n) is 1.72. The van der Waals surface area contributed by atoms with Crippen LogP contribution in [0.3, 0.4) is 0 Å². The van der Waals surface area contributed by atoms with Crippen LogP contribution in [0.5, 0.6) is 6.01 Å². The summed E-state index contributed by atoms with van der Waals surface area (Å²) >= 11 is 0. The number of anilines is 3. The maximum Gasteiger partial charge on any atom is 0.322 e. The van der Waals surface area contributed by atoms with E-state index in [1.54, 1.807) is 19.1 Å². The number of nitrogens with one attached hydrogen (secondary N) is 2. The molecule has 0 aliphatic rings. The van der Waals surface area contributed by atoms with E-state index in [0.717, 1.165) is 18.5 Å². The van der Waals surface area contributed by atoms with Crippen LogP contribution in [0.4, 0.5) is 22.0 Å². The first kappa shape index (κ1) is 15.0. The van der Waals surface area contributed by atoms with E-state index in [-0.39, 0.29) is 17.8 Å². The fraction of sp³-hybridized carbons (Fsp3) is 0.357. The number of ether oxygens (including phenoxy) is 1. The van der Waals surface area contributed by atoms with Crippen LogP contribution in [-0.2, 0) is 0 Å². The molecule has 112 valence electrons. The molecule has 0 bridgehead atoms. The van der Waals surface area contributed by atoms with E-state index in [1.165, 1.54) is 13.2 Å². The largest absolute Gasteiger partial charge is 0.467 e. The van der Waals surface area contributed by atoms with Gasteiger partial charge in [0.2, 0.25) is 11.9 Å². The van der Waals surface area contributed by atoms with Gasteiger partial charge in [-0.1, -0.05) is 19.1 Å². The number of hydrogen-bond donors (Lipinski definition) is 2. The third-order valence-corrected chi connectivity index (χ3v) is 2.79. The lowest BCUT2D eigenvalue weighted by Gasteiger charge is -2.11. The minimum absolute atomic E-state index is 0.167. The average Bonchev–Trinajstić information content (AvgIpc) is 2.49. The Labute approximate surface area is 122 Å². The molecule has 0 unspecified atom stereocenters. The topological polar surface area (TPSA) is 72.0 Å². The molecule has 1 aromatic carbocycles. The van der Waals surface area contributed by atoms with Gasteiger partial charge in [-0.25, -0.2) is 4.39 Å². The summed E-state index contributed by atoms with van der Waals surface area (Å²) in [5.74, 6) is 0.256. The van der Waals surface area contributed by atoms with Crippen LogP contribution < -0.4 is 15.4 Å². The van der Waals surface area contributed by atoms with Crippen molar-refractivity contribution < 1.29 is 9.13 Å². The molecule has 0 spiro atoms. The van der Waals surface area contributed by atoms with E-state index in [0.29, 0.717) is 11.6 Å². The van der Waals surface area contributed by atoms with Gasteiger partial charge < -0.3 is 15.4 Å². The Morgan fingerprint density at radius 1 is 1.19 bits per heavy atom. The first-order chi connectivity index (χ1) is 10.1. The molecule has 0 fully saturated rings. The lowest BCUT2D eigenvalue weighted by molar-refractivity contribution is 0.379. The molecular weight excluding hydrogens is 273 g/mol. The van der Waals surface area contributed by atoms with E-state index >= 15 is 0 Å². The normalized spacial score (nSPS) is 10.3. The SMILES string of the molecule is CCCNc1nc(Nc2c(C)cccc2F)nc(OC)n1. The second kappa shape index (κ2) is 6.83. The predicted octanol–water partition coefficient (Wildman–Crippen LogP) is 2.89. The zero-order chi connectivity index (χ0) is 15.2. The minimum Gasteiger partial charge on any atom is -0.467 e. The van der Waals surface area contributed by atoms with Gasteiger partial charge in [0.1, 0.15) is 5.82 Å². The Bertz CT molecular complexity index is 600. The zero-order valence-electron chi connectivity index (χ0n) is 12.3. The van der Waals surface area contributed by atoms with Crippen molar-refractivity contribution in [1.29, 1.82) is 0 Å². The molecule has 21 heavy (non-hydrogen) atoms. The van der Waals surface area contributed by atoms with Crippen molar-refractivity contribution in [3.05, 3.63) is 29.6 Å². The second-order valence-electron chi connectivity index (χ2n) is 4.45. The molecule has 0 aliphatic carbocycles. The van der Waals surface area contributed by atoms with E-state index in [9.17, 15) is 4.39 Å². The second-order valence-corrected chi connectivity index (χ2v) is 4.45. The quantitative estimate of drug-likeness (QED) is 0.852. The van der Waals surface area contributed by atoms with Crippen LogP contribution in [-0.4, -0.2) is 28.6 Å². The van der Waals surface area contributed by atoms with Gasteiger partial charge in [0.15, 0.2) is 0 Å². The summed E-state index contributed by atoms with van der Waals surface area (Å²) in [6.45, 7) is 4.57. The Balaban J connectivity index is 2.30. The summed E-state index contributed by atoms with van der Waals surface area (Å²) in [4.78, 5) is 12.4. The number of benzene rings is 1. The summed E-state index contributed by atoms with van der Waals surface area (Å²) < 4.78 is 18.9. The maximum atomic E-state index is 13.8. The summed E-state index contributed by atoms with van der Waals surface area (Å²) in [7, 11) is 1.47. The summed E-state index contributed by atoms with van der Waals surface area (Å²) in [5, 5.41) is 5.92. The number of hydrogen-bond acceptors (Lipinski definition) is 6. The third kappa shape index (κ3) is 3.77. The molecule has 0 aliphatic heterocycles. The van der Waals surface area contributed by atoms with Crippen LogP contribution in [0.2, 0.25) is 0 Å². The van der Waals surface area contributed by atoms with Gasteiger partial charge in [-0.2, -0.15) is 15.0 Å². The number of aryl methyl sites for hydroxylation is 1. The molecule has 0 saturated heterocycles. The monoisotopic (exact) mass is 291 g/mol. The third-order valence-electron chi connectivity index (χ3n) is 2.79. The van der Waals surface area contributed by atoms with E-state index in [1.807, 2.05) is 6.92 Å². The number of rotatable bonds is 6. The highest BCUT2D eigenvalue weighted by Gasteiger charge is 2.10. The van der Waals surface area contributed by atoms with Crippen LogP contribution in [0.25, 0.3) is 0 Å². The van der Waals surface area contributed by atoms with Crippen LogP contribution in [0.15, 0.2) is 18.2 Å². The van der Waals surface area contributed by atoms with Crippen LogP contribution in [0, 0.1) is 12.7 Å². The molecule has 0 atom stereocenters. The van der Waals surface area contributed by atoms with Gasteiger partial charge in [0, 0.05) is 6.54 Å². The molecule has 0 amide bonds. The van der Waals surface area contributed by atoms with Crippen LogP contribution in [0.1, 0.15) is 18.9 Å². The molecule has 0 saturated carbocycles. The highest BCUT2D eigenvalue weighted by molar-refractivity contribution is 5.59. The van der Waals surface area contributed by atoms with E-state index < -0.39 is 0 Å². The average molecular weight is 291 g/mol. The van der Waals surface area contributed by atoms with Gasteiger partial charge in [0.05, 0.1) is 12.8 Å². The maximum absolute atomic E-state index is 13.8. The molecule has 0 radical (unpaired) electrons. The molecule has 2 aromatic rings. The highest BCUT2D eigenvalue weighted by Crippen LogP contribution is 2.23. The minimum atomic E-state index is -0.363. The van der Waals surface area contributed by atoms with Crippen molar-refractivity contribution in [2.75, 3.05) is 24.3 Å². The molecule has 2 N–H and O–H groups in total. The molecule has 7 heteroatoms. The highest BCUT2D eigenvalue weighted by atomic mass is 19.1. The predicted molar refractivity (Wildman–Crippen MR) is 79.6 cm³/mol. The number of methoxy groups -OCH3 is 1. The lowest BCUT2D eigenvalue weighted by Crippen LogP contribution is -2.09. The zero-order valence-corrected chi connectivity index (χ0v) is 12.3. The van der Waals surface area contributed by atoms with Crippen molar-refractivity contribution >= 4 is 17.6 Å². The van der Waals surface area contributed by atoms with E-state index in [4.69, 9.17) is 4.74 Å². The summed E-state index contributed by atoms with van der Waals surface area (Å²) in [6.07, 6.45) is 0.934. The standard InChI is InChI=1S/C14H18FN5O/c1-4-8-16-12-18-13(20-14(19-12)21-3)17-11-9(2)6-5-7-10(11)15/h5-7H,4,8H2,1-3H3,(H2,16,17,18,19,20). The van der Waals surface area contributed by atoms with Gasteiger partial charge in [-0.05, 0) is 25.0 Å². The first-order valence-electron chi connectivity index (χ1n) is 6.70. The number of aromatic nitrogens is 3. The van der Waals surface area contributed by atoms with Crippen molar-refractivity contribution in [1.82, 2.24) is 15.0 Å². The number of halogens is 1. The Morgan fingerprint density at radius 3 is 2.62 bits per heavy atom. The van der Waals surface area contributed by atoms with Crippen molar-refractivity contribution in [3.8, 4) is 6.01 Å². The number of nitrogens with zero attached hydrogens (tertiary/aromatic N) is 3. The Kier molecular flexibility index (Phi) is 4.86. The van der Waals surface area contributed by atoms with Crippen molar-refractivity contribution in [3.63, 3.8) is 0 Å². The van der Waals surface area contributed by atoms with Crippen LogP contribution >= 0.6 is 0 Å². The molecular formula is C14H18FN5O. The summed E-state index contributed by atoms with van der Waals surface area (Å²) in [5.41, 5.74) is 1.10. The van der Waals surface area contributed by atoms with Gasteiger partial charge in [0.25, 0.3) is 0 Å². The molecule has 1 aromatic heterocycles. The van der Waals surface area contributed by atoms with Crippen molar-refractivity contribution in [2.45, 2.75) is 20.3 Å². The van der Waals surface area contributed by atoms with Crippen molar-refractivity contribution in [2.24, 2.45) is 0 Å². The molecule has 2 rings (SSSR count). The van der Waals surface area contributed by atoms with Gasteiger partial charge in [-0.3, -0.25) is 0 Å². The van der Waals surface area contributed by atoms with Gasteiger partial charge in [-0.15, -0.1) is 0 Å². The lowest BCUT2D eigenvalue weighted by atomic mass is 10.2.